The first-order chi connectivity index (χ1) is 6.42. The molecule has 2 nitrogen and oxygen atoms in total. The third kappa shape index (κ3) is 1.55. The Morgan fingerprint density at radius 2 is 2.15 bits per heavy atom. The predicted octanol–water partition coefficient (Wildman–Crippen LogP) is 2.85. The predicted molar refractivity (Wildman–Crippen MR) is 57.1 cm³/mol. The van der Waals surface area contributed by atoms with Crippen LogP contribution in [0.1, 0.15) is 0 Å². The van der Waals surface area contributed by atoms with Crippen LogP contribution < -0.4 is 5.32 Å². The van der Waals surface area contributed by atoms with Gasteiger partial charge in [-0.05, 0) is 12.1 Å². The molecule has 13 heavy (non-hydrogen) atoms. The summed E-state index contributed by atoms with van der Waals surface area (Å²) >= 11 is 1.65. The molecule has 0 spiro atoms. The van der Waals surface area contributed by atoms with E-state index in [1.807, 2.05) is 30.8 Å². The lowest BCUT2D eigenvalue weighted by Crippen LogP contribution is -1.90. The van der Waals surface area contributed by atoms with Crippen molar-refractivity contribution >= 4 is 17.0 Å². The van der Waals surface area contributed by atoms with Crippen LogP contribution in [0, 0.1) is 0 Å². The Morgan fingerprint density at radius 1 is 1.31 bits per heavy atom. The highest BCUT2D eigenvalue weighted by molar-refractivity contribution is 7.13. The quantitative estimate of drug-likeness (QED) is 0.787. The molecule has 0 amide bonds. The fraction of sp³-hybridized carbons (Fsp3) is 0.100. The summed E-state index contributed by atoms with van der Waals surface area (Å²) < 4.78 is 0. The highest BCUT2D eigenvalue weighted by Gasteiger charge is 2.03. The molecule has 0 bridgehead atoms. The first-order valence-electron chi connectivity index (χ1n) is 4.08. The van der Waals surface area contributed by atoms with E-state index in [1.54, 1.807) is 11.3 Å². The van der Waals surface area contributed by atoms with Crippen LogP contribution in [0.2, 0.25) is 0 Å². The van der Waals surface area contributed by atoms with Gasteiger partial charge in [-0.3, -0.25) is 0 Å². The normalized spacial score (nSPS) is 9.92. The Balaban J connectivity index is 2.51. The summed E-state index contributed by atoms with van der Waals surface area (Å²) in [6.45, 7) is 0. The Morgan fingerprint density at radius 3 is 2.85 bits per heavy atom. The average molecular weight is 190 g/mol. The molecule has 1 heterocycles. The topological polar surface area (TPSA) is 24.9 Å². The molecule has 0 aliphatic heterocycles. The lowest BCUT2D eigenvalue weighted by Gasteiger charge is -2.04. The molecule has 1 aromatic heterocycles. The molecule has 2 rings (SSSR count). The summed E-state index contributed by atoms with van der Waals surface area (Å²) in [7, 11) is 1.92. The largest absolute Gasteiger partial charge is 0.388 e. The van der Waals surface area contributed by atoms with Crippen LogP contribution >= 0.6 is 11.3 Å². The number of hydrogen-bond acceptors (Lipinski definition) is 3. The van der Waals surface area contributed by atoms with Crippen LogP contribution in [-0.2, 0) is 0 Å². The molecule has 0 aliphatic carbocycles. The van der Waals surface area contributed by atoms with E-state index in [4.69, 9.17) is 0 Å². The maximum Gasteiger partial charge on any atom is 0.125 e. The first kappa shape index (κ1) is 8.26. The third-order valence-corrected chi connectivity index (χ3v) is 2.67. The van der Waals surface area contributed by atoms with Crippen molar-refractivity contribution in [2.75, 3.05) is 12.4 Å². The molecule has 1 N–H and O–H groups in total. The molecule has 0 saturated heterocycles. The van der Waals surface area contributed by atoms with E-state index in [9.17, 15) is 0 Å². The van der Waals surface area contributed by atoms with Gasteiger partial charge < -0.3 is 5.32 Å². The second-order valence-corrected chi connectivity index (χ2v) is 3.53. The van der Waals surface area contributed by atoms with Gasteiger partial charge in [0.15, 0.2) is 0 Å². The zero-order chi connectivity index (χ0) is 9.10. The second-order valence-electron chi connectivity index (χ2n) is 2.63. The lowest BCUT2D eigenvalue weighted by atomic mass is 10.2. The van der Waals surface area contributed by atoms with Crippen molar-refractivity contribution in [2.45, 2.75) is 0 Å². The maximum absolute atomic E-state index is 4.27. The number of rotatable bonds is 2. The summed E-state index contributed by atoms with van der Waals surface area (Å²) in [5.74, 6) is 0. The molecule has 0 unspecified atom stereocenters. The van der Waals surface area contributed by atoms with Gasteiger partial charge in [0.25, 0.3) is 0 Å². The lowest BCUT2D eigenvalue weighted by molar-refractivity contribution is 1.40. The molecule has 0 saturated carbocycles. The summed E-state index contributed by atoms with van der Waals surface area (Å²) in [4.78, 5) is 4.27. The SMILES string of the molecule is CNc1ccccc1-c1nccs1. The number of para-hydroxylation sites is 1. The first-order valence-corrected chi connectivity index (χ1v) is 4.96. The van der Waals surface area contributed by atoms with Crippen molar-refractivity contribution in [1.82, 2.24) is 4.98 Å². The Bertz CT molecular complexity index is 382. The molecule has 66 valence electrons. The Hall–Kier alpha value is -1.35. The van der Waals surface area contributed by atoms with Crippen molar-refractivity contribution < 1.29 is 0 Å². The molecule has 0 fully saturated rings. The molecule has 2 aromatic rings. The van der Waals surface area contributed by atoms with E-state index in [0.29, 0.717) is 0 Å². The van der Waals surface area contributed by atoms with E-state index in [-0.39, 0.29) is 0 Å². The second kappa shape index (κ2) is 3.58. The minimum atomic E-state index is 1.06. The maximum atomic E-state index is 4.27. The molecule has 0 aliphatic rings. The summed E-state index contributed by atoms with van der Waals surface area (Å²) in [5, 5.41) is 6.20. The Kier molecular flexibility index (Phi) is 2.27. The smallest absolute Gasteiger partial charge is 0.125 e. The fourth-order valence-electron chi connectivity index (χ4n) is 1.24. The zero-order valence-electron chi connectivity index (χ0n) is 7.32. The van der Waals surface area contributed by atoms with E-state index >= 15 is 0 Å². The molecule has 0 radical (unpaired) electrons. The summed E-state index contributed by atoms with van der Waals surface area (Å²) in [6.07, 6.45) is 1.83. The minimum absolute atomic E-state index is 1.06. The van der Waals surface area contributed by atoms with Gasteiger partial charge in [0.05, 0.1) is 0 Å². The van der Waals surface area contributed by atoms with Crippen molar-refractivity contribution in [3.63, 3.8) is 0 Å². The van der Waals surface area contributed by atoms with Crippen molar-refractivity contribution in [2.24, 2.45) is 0 Å². The van der Waals surface area contributed by atoms with Gasteiger partial charge in [0.2, 0.25) is 0 Å². The third-order valence-electron chi connectivity index (χ3n) is 1.86. The van der Waals surface area contributed by atoms with Gasteiger partial charge in [-0.25, -0.2) is 4.98 Å². The monoisotopic (exact) mass is 190 g/mol. The number of aromatic nitrogens is 1. The number of anilines is 1. The van der Waals surface area contributed by atoms with Gasteiger partial charge >= 0.3 is 0 Å². The zero-order valence-corrected chi connectivity index (χ0v) is 8.14. The van der Waals surface area contributed by atoms with Crippen LogP contribution in [0.5, 0.6) is 0 Å². The Labute approximate surface area is 81.3 Å². The van der Waals surface area contributed by atoms with E-state index in [2.05, 4.69) is 22.4 Å². The summed E-state index contributed by atoms with van der Waals surface area (Å²) in [5.41, 5.74) is 2.29. The van der Waals surface area contributed by atoms with Crippen LogP contribution in [0.15, 0.2) is 35.8 Å². The highest BCUT2D eigenvalue weighted by atomic mass is 32.1. The molecule has 1 aromatic carbocycles. The standard InChI is InChI=1S/C10H10N2S/c1-11-9-5-3-2-4-8(9)10-12-6-7-13-10/h2-7,11H,1H3. The molecular formula is C10H10N2S. The molecule has 3 heteroatoms. The van der Waals surface area contributed by atoms with Crippen molar-refractivity contribution in [3.8, 4) is 10.6 Å². The number of nitrogens with one attached hydrogen (secondary N) is 1. The van der Waals surface area contributed by atoms with Gasteiger partial charge in [-0.1, -0.05) is 12.1 Å². The van der Waals surface area contributed by atoms with Crippen LogP contribution in [0.3, 0.4) is 0 Å². The van der Waals surface area contributed by atoms with Crippen LogP contribution in [-0.4, -0.2) is 12.0 Å². The fourth-order valence-corrected chi connectivity index (χ4v) is 1.92. The number of nitrogens with zero attached hydrogens (tertiary/aromatic N) is 1. The number of benzene rings is 1. The molecular weight excluding hydrogens is 180 g/mol. The van der Waals surface area contributed by atoms with Crippen molar-refractivity contribution in [3.05, 3.63) is 35.8 Å². The number of thiazole rings is 1. The van der Waals surface area contributed by atoms with E-state index in [0.717, 1.165) is 10.7 Å². The van der Waals surface area contributed by atoms with Crippen LogP contribution in [0.25, 0.3) is 10.6 Å². The number of hydrogen-bond donors (Lipinski definition) is 1. The van der Waals surface area contributed by atoms with E-state index < -0.39 is 0 Å². The van der Waals surface area contributed by atoms with Gasteiger partial charge in [-0.2, -0.15) is 0 Å². The van der Waals surface area contributed by atoms with Crippen LogP contribution in [0.4, 0.5) is 5.69 Å². The highest BCUT2D eigenvalue weighted by Crippen LogP contribution is 2.28. The van der Waals surface area contributed by atoms with Gasteiger partial charge in [0, 0.05) is 29.9 Å². The van der Waals surface area contributed by atoms with Crippen molar-refractivity contribution in [1.29, 1.82) is 0 Å². The molecule has 0 atom stereocenters. The van der Waals surface area contributed by atoms with Gasteiger partial charge in [-0.15, -0.1) is 11.3 Å². The average Bonchev–Trinajstić information content (AvgIpc) is 2.70. The summed E-state index contributed by atoms with van der Waals surface area (Å²) in [6, 6.07) is 8.17. The van der Waals surface area contributed by atoms with Gasteiger partial charge in [0.1, 0.15) is 5.01 Å². The van der Waals surface area contributed by atoms with E-state index in [1.165, 1.54) is 5.56 Å². The minimum Gasteiger partial charge on any atom is -0.388 e.